The lowest BCUT2D eigenvalue weighted by atomic mass is 10.1. The molecule has 0 spiro atoms. The van der Waals surface area contributed by atoms with Crippen LogP contribution < -0.4 is 5.32 Å². The van der Waals surface area contributed by atoms with E-state index in [4.69, 9.17) is 4.74 Å². The number of aryl methyl sites for hydroxylation is 1. The molecule has 8 heteroatoms. The van der Waals surface area contributed by atoms with E-state index in [-0.39, 0.29) is 5.75 Å². The van der Waals surface area contributed by atoms with Crippen LogP contribution in [0.5, 0.6) is 0 Å². The van der Waals surface area contributed by atoms with Crippen molar-refractivity contribution in [3.63, 3.8) is 0 Å². The molecule has 0 aliphatic rings. The van der Waals surface area contributed by atoms with Crippen molar-refractivity contribution < 1.29 is 18.7 Å². The topological polar surface area (TPSA) is 68.3 Å². The molecule has 1 N–H and O–H groups in total. The smallest absolute Gasteiger partial charge is 0.316 e. The normalized spacial score (nSPS) is 10.5. The monoisotopic (exact) mass is 416 g/mol. The predicted octanol–water partition coefficient (Wildman–Crippen LogP) is 4.53. The number of thiazole rings is 1. The lowest BCUT2D eigenvalue weighted by Crippen LogP contribution is -2.21. The van der Waals surface area contributed by atoms with Crippen molar-refractivity contribution in [2.24, 2.45) is 0 Å². The van der Waals surface area contributed by atoms with E-state index >= 15 is 0 Å². The maximum absolute atomic E-state index is 13.5. The van der Waals surface area contributed by atoms with Gasteiger partial charge >= 0.3 is 5.97 Å². The summed E-state index contributed by atoms with van der Waals surface area (Å²) in [6, 6.07) is 14.1. The Morgan fingerprint density at radius 2 is 1.93 bits per heavy atom. The van der Waals surface area contributed by atoms with Gasteiger partial charge in [-0.05, 0) is 19.1 Å². The number of hydrogen-bond acceptors (Lipinski definition) is 6. The van der Waals surface area contributed by atoms with E-state index in [9.17, 15) is 14.0 Å². The molecule has 0 aliphatic heterocycles. The Balaban J connectivity index is 1.45. The fourth-order valence-electron chi connectivity index (χ4n) is 2.23. The minimum atomic E-state index is -0.595. The molecule has 0 saturated heterocycles. The fourth-order valence-corrected chi connectivity index (χ4v) is 3.70. The molecule has 0 atom stereocenters. The standard InChI is InChI=1S/C20H17FN2O3S2/c1-13-6-8-14(9-7-13)16-11-28-20(22-16)23-18(24)10-26-19(25)12-27-17-5-3-2-4-15(17)21/h2-9,11H,10,12H2,1H3,(H,22,23,24). The zero-order chi connectivity index (χ0) is 19.9. The summed E-state index contributed by atoms with van der Waals surface area (Å²) in [4.78, 5) is 28.4. The summed E-state index contributed by atoms with van der Waals surface area (Å²) in [6.07, 6.45) is 0. The molecule has 1 amide bonds. The number of ether oxygens (including phenoxy) is 1. The van der Waals surface area contributed by atoms with Crippen LogP contribution in [-0.4, -0.2) is 29.2 Å². The summed E-state index contributed by atoms with van der Waals surface area (Å²) < 4.78 is 18.4. The van der Waals surface area contributed by atoms with Gasteiger partial charge in [-0.3, -0.25) is 14.9 Å². The van der Waals surface area contributed by atoms with E-state index in [0.29, 0.717) is 10.0 Å². The van der Waals surface area contributed by atoms with Gasteiger partial charge in [0.1, 0.15) is 5.82 Å². The van der Waals surface area contributed by atoms with E-state index in [0.717, 1.165) is 28.6 Å². The summed E-state index contributed by atoms with van der Waals surface area (Å²) in [5, 5.41) is 4.88. The molecular weight excluding hydrogens is 399 g/mol. The maximum Gasteiger partial charge on any atom is 0.316 e. The SMILES string of the molecule is Cc1ccc(-c2csc(NC(=O)COC(=O)CSc3ccccc3F)n2)cc1. The largest absolute Gasteiger partial charge is 0.455 e. The molecule has 3 aromatic rings. The number of carbonyl (C=O) groups excluding carboxylic acids is 2. The zero-order valence-electron chi connectivity index (χ0n) is 15.0. The molecule has 0 unspecified atom stereocenters. The van der Waals surface area contributed by atoms with Gasteiger partial charge in [-0.25, -0.2) is 9.37 Å². The Labute approximate surface area is 170 Å². The van der Waals surface area contributed by atoms with Crippen LogP contribution >= 0.6 is 23.1 Å². The summed E-state index contributed by atoms with van der Waals surface area (Å²) in [5.74, 6) is -1.55. The van der Waals surface area contributed by atoms with Gasteiger partial charge in [-0.1, -0.05) is 42.0 Å². The number of hydrogen-bond donors (Lipinski definition) is 1. The molecule has 28 heavy (non-hydrogen) atoms. The van der Waals surface area contributed by atoms with Gasteiger partial charge in [0, 0.05) is 15.8 Å². The Hall–Kier alpha value is -2.71. The quantitative estimate of drug-likeness (QED) is 0.453. The highest BCUT2D eigenvalue weighted by atomic mass is 32.2. The summed E-state index contributed by atoms with van der Waals surface area (Å²) >= 11 is 2.31. The van der Waals surface area contributed by atoms with Gasteiger partial charge in [-0.15, -0.1) is 23.1 Å². The first kappa shape index (κ1) is 20.0. The molecule has 0 aliphatic carbocycles. The number of aromatic nitrogens is 1. The van der Waals surface area contributed by atoms with Crippen molar-refractivity contribution >= 4 is 40.1 Å². The first-order chi connectivity index (χ1) is 13.5. The first-order valence-corrected chi connectivity index (χ1v) is 10.2. The van der Waals surface area contributed by atoms with Crippen molar-refractivity contribution in [3.8, 4) is 11.3 Å². The zero-order valence-corrected chi connectivity index (χ0v) is 16.6. The highest BCUT2D eigenvalue weighted by Crippen LogP contribution is 2.25. The van der Waals surface area contributed by atoms with Crippen LogP contribution in [0.25, 0.3) is 11.3 Å². The van der Waals surface area contributed by atoms with E-state index in [1.807, 2.05) is 36.6 Å². The Kier molecular flexibility index (Phi) is 6.78. The van der Waals surface area contributed by atoms with Crippen LogP contribution in [0.15, 0.2) is 58.8 Å². The molecule has 0 radical (unpaired) electrons. The summed E-state index contributed by atoms with van der Waals surface area (Å²) in [5.41, 5.74) is 2.88. The van der Waals surface area contributed by atoms with Crippen molar-refractivity contribution in [3.05, 3.63) is 65.3 Å². The van der Waals surface area contributed by atoms with Crippen LogP contribution in [0, 0.1) is 12.7 Å². The number of nitrogens with zero attached hydrogens (tertiary/aromatic N) is 1. The summed E-state index contributed by atoms with van der Waals surface area (Å²) in [6.45, 7) is 1.59. The van der Waals surface area contributed by atoms with Crippen molar-refractivity contribution in [1.82, 2.24) is 4.98 Å². The van der Waals surface area contributed by atoms with Crippen LogP contribution in [0.1, 0.15) is 5.56 Å². The second-order valence-electron chi connectivity index (χ2n) is 5.83. The van der Waals surface area contributed by atoms with Gasteiger partial charge in [-0.2, -0.15) is 0 Å². The highest BCUT2D eigenvalue weighted by molar-refractivity contribution is 8.00. The van der Waals surface area contributed by atoms with Crippen molar-refractivity contribution in [1.29, 1.82) is 0 Å². The first-order valence-electron chi connectivity index (χ1n) is 8.36. The molecule has 1 heterocycles. The van der Waals surface area contributed by atoms with E-state index in [1.54, 1.807) is 18.2 Å². The number of carbonyl (C=O) groups is 2. The van der Waals surface area contributed by atoms with Gasteiger partial charge in [0.15, 0.2) is 11.7 Å². The van der Waals surface area contributed by atoms with Gasteiger partial charge in [0.2, 0.25) is 0 Å². The van der Waals surface area contributed by atoms with Crippen LogP contribution in [0.2, 0.25) is 0 Å². The van der Waals surface area contributed by atoms with Crippen molar-refractivity contribution in [2.45, 2.75) is 11.8 Å². The third-order valence-corrected chi connectivity index (χ3v) is 5.42. The molecule has 1 aromatic heterocycles. The van der Waals surface area contributed by atoms with Gasteiger partial charge in [0.05, 0.1) is 11.4 Å². The molecule has 0 fully saturated rings. The Morgan fingerprint density at radius 3 is 2.68 bits per heavy atom. The lowest BCUT2D eigenvalue weighted by Gasteiger charge is -2.05. The lowest BCUT2D eigenvalue weighted by molar-refractivity contribution is -0.144. The minimum Gasteiger partial charge on any atom is -0.455 e. The fraction of sp³-hybridized carbons (Fsp3) is 0.150. The molecule has 2 aromatic carbocycles. The third kappa shape index (κ3) is 5.64. The number of anilines is 1. The molecule has 5 nitrogen and oxygen atoms in total. The number of amides is 1. The van der Waals surface area contributed by atoms with Crippen LogP contribution in [-0.2, 0) is 14.3 Å². The van der Waals surface area contributed by atoms with E-state index < -0.39 is 24.3 Å². The number of nitrogens with one attached hydrogen (secondary N) is 1. The van der Waals surface area contributed by atoms with Gasteiger partial charge < -0.3 is 4.74 Å². The average molecular weight is 416 g/mol. The predicted molar refractivity (Wildman–Crippen MR) is 109 cm³/mol. The minimum absolute atomic E-state index is 0.0803. The highest BCUT2D eigenvalue weighted by Gasteiger charge is 2.12. The number of benzene rings is 2. The van der Waals surface area contributed by atoms with Crippen LogP contribution in [0.3, 0.4) is 0 Å². The Morgan fingerprint density at radius 1 is 1.18 bits per heavy atom. The van der Waals surface area contributed by atoms with Gasteiger partial charge in [0.25, 0.3) is 5.91 Å². The number of esters is 1. The second-order valence-corrected chi connectivity index (χ2v) is 7.71. The third-order valence-electron chi connectivity index (χ3n) is 3.64. The molecule has 144 valence electrons. The Bertz CT molecular complexity index is 974. The number of rotatable bonds is 7. The van der Waals surface area contributed by atoms with Crippen molar-refractivity contribution in [2.75, 3.05) is 17.7 Å². The van der Waals surface area contributed by atoms with E-state index in [2.05, 4.69) is 10.3 Å². The van der Waals surface area contributed by atoms with Crippen LogP contribution in [0.4, 0.5) is 9.52 Å². The molecular formula is C20H17FN2O3S2. The second kappa shape index (κ2) is 9.48. The average Bonchev–Trinajstić information content (AvgIpc) is 3.14. The number of halogens is 1. The summed E-state index contributed by atoms with van der Waals surface area (Å²) in [7, 11) is 0. The molecule has 3 rings (SSSR count). The van der Waals surface area contributed by atoms with E-state index in [1.165, 1.54) is 17.4 Å². The molecule has 0 bridgehead atoms. The number of thioether (sulfide) groups is 1. The molecule has 0 saturated carbocycles. The maximum atomic E-state index is 13.5.